The molecule has 0 saturated heterocycles. The van der Waals surface area contributed by atoms with Crippen molar-refractivity contribution in [2.24, 2.45) is 0 Å². The summed E-state index contributed by atoms with van der Waals surface area (Å²) in [6, 6.07) is 6.47. The summed E-state index contributed by atoms with van der Waals surface area (Å²) in [5, 5.41) is 10.9. The molecule has 0 saturated carbocycles. The summed E-state index contributed by atoms with van der Waals surface area (Å²) in [5.41, 5.74) is 1.15. The molecule has 19 heavy (non-hydrogen) atoms. The van der Waals surface area contributed by atoms with Gasteiger partial charge in [-0.1, -0.05) is 29.3 Å². The topological polar surface area (TPSA) is 53.4 Å². The summed E-state index contributed by atoms with van der Waals surface area (Å²) < 4.78 is 0. The Morgan fingerprint density at radius 2 is 1.89 bits per heavy atom. The number of anilines is 1. The van der Waals surface area contributed by atoms with Gasteiger partial charge in [0.25, 0.3) is 5.91 Å². The van der Waals surface area contributed by atoms with Crippen LogP contribution in [-0.2, 0) is 0 Å². The summed E-state index contributed by atoms with van der Waals surface area (Å²) in [5.74, 6) is -0.347. The van der Waals surface area contributed by atoms with Gasteiger partial charge in [-0.2, -0.15) is 0 Å². The van der Waals surface area contributed by atoms with Crippen molar-refractivity contribution in [3.8, 4) is 0 Å². The Morgan fingerprint density at radius 1 is 1.21 bits per heavy atom. The Hall–Kier alpha value is -1.62. The maximum atomic E-state index is 12.3. The van der Waals surface area contributed by atoms with Gasteiger partial charge in [0.15, 0.2) is 6.23 Å². The van der Waals surface area contributed by atoms with Crippen LogP contribution in [0, 0.1) is 0 Å². The number of benzene rings is 1. The van der Waals surface area contributed by atoms with Gasteiger partial charge in [0.05, 0.1) is 21.3 Å². The average molecular weight is 295 g/mol. The van der Waals surface area contributed by atoms with Crippen LogP contribution < -0.4 is 4.90 Å². The summed E-state index contributed by atoms with van der Waals surface area (Å²) in [4.78, 5) is 17.4. The zero-order chi connectivity index (χ0) is 13.6. The molecule has 6 heteroatoms. The number of hydrogen-bond acceptors (Lipinski definition) is 3. The first-order valence-electron chi connectivity index (χ1n) is 5.51. The quantitative estimate of drug-likeness (QED) is 0.879. The standard InChI is InChI=1S/C13H8Cl2N2O2/c14-9-2-1-3-10(15)11(9)17-12(18)7-4-5-16-6-8(7)13(17)19/h1-6,13,19H. The number of pyridine rings is 1. The van der Waals surface area contributed by atoms with E-state index < -0.39 is 6.23 Å². The number of carbonyl (C=O) groups is 1. The molecule has 96 valence electrons. The number of rotatable bonds is 1. The summed E-state index contributed by atoms with van der Waals surface area (Å²) >= 11 is 12.2. The van der Waals surface area contributed by atoms with Crippen LogP contribution in [0.15, 0.2) is 36.7 Å². The van der Waals surface area contributed by atoms with Crippen molar-refractivity contribution in [3.63, 3.8) is 0 Å². The minimum Gasteiger partial charge on any atom is -0.369 e. The molecule has 4 nitrogen and oxygen atoms in total. The fourth-order valence-corrected chi connectivity index (χ4v) is 2.71. The highest BCUT2D eigenvalue weighted by Gasteiger charge is 2.38. The van der Waals surface area contributed by atoms with E-state index in [1.165, 1.54) is 17.3 Å². The average Bonchev–Trinajstić information content (AvgIpc) is 2.64. The van der Waals surface area contributed by atoms with E-state index >= 15 is 0 Å². The van der Waals surface area contributed by atoms with Gasteiger partial charge < -0.3 is 5.11 Å². The van der Waals surface area contributed by atoms with E-state index in [9.17, 15) is 9.90 Å². The number of aliphatic hydroxyl groups excluding tert-OH is 1. The van der Waals surface area contributed by atoms with Crippen LogP contribution in [0.25, 0.3) is 0 Å². The highest BCUT2D eigenvalue weighted by Crippen LogP contribution is 2.42. The second-order valence-electron chi connectivity index (χ2n) is 4.08. The lowest BCUT2D eigenvalue weighted by atomic mass is 10.2. The second-order valence-corrected chi connectivity index (χ2v) is 4.90. The van der Waals surface area contributed by atoms with Gasteiger partial charge in [0.2, 0.25) is 0 Å². The summed E-state index contributed by atoms with van der Waals surface area (Å²) in [6.45, 7) is 0. The molecular weight excluding hydrogens is 287 g/mol. The molecule has 0 radical (unpaired) electrons. The molecule has 1 aromatic carbocycles. The van der Waals surface area contributed by atoms with Crippen molar-refractivity contribution in [2.45, 2.75) is 6.23 Å². The zero-order valence-corrected chi connectivity index (χ0v) is 11.1. The number of amides is 1. The highest BCUT2D eigenvalue weighted by molar-refractivity contribution is 6.40. The SMILES string of the molecule is O=C1c2ccncc2C(O)N1c1c(Cl)cccc1Cl. The number of aromatic nitrogens is 1. The number of nitrogens with zero attached hydrogens (tertiary/aromatic N) is 2. The van der Waals surface area contributed by atoms with Gasteiger partial charge in [-0.25, -0.2) is 0 Å². The highest BCUT2D eigenvalue weighted by atomic mass is 35.5. The molecule has 1 amide bonds. The third kappa shape index (κ3) is 1.80. The van der Waals surface area contributed by atoms with Crippen LogP contribution in [0.3, 0.4) is 0 Å². The molecule has 2 heterocycles. The Balaban J connectivity index is 2.17. The number of fused-ring (bicyclic) bond motifs is 1. The maximum absolute atomic E-state index is 12.3. The van der Waals surface area contributed by atoms with Gasteiger partial charge in [-0.15, -0.1) is 0 Å². The Kier molecular flexibility index (Phi) is 2.93. The van der Waals surface area contributed by atoms with Gasteiger partial charge in [-0.3, -0.25) is 14.7 Å². The van der Waals surface area contributed by atoms with Crippen LogP contribution in [0.4, 0.5) is 5.69 Å². The Bertz CT molecular complexity index is 655. The molecular formula is C13H8Cl2N2O2. The van der Waals surface area contributed by atoms with E-state index in [1.807, 2.05) is 0 Å². The van der Waals surface area contributed by atoms with E-state index in [2.05, 4.69) is 4.98 Å². The lowest BCUT2D eigenvalue weighted by molar-refractivity contribution is 0.0935. The van der Waals surface area contributed by atoms with E-state index in [-0.39, 0.29) is 5.91 Å². The minimum absolute atomic E-state index is 0.305. The van der Waals surface area contributed by atoms with Crippen LogP contribution >= 0.6 is 23.2 Å². The molecule has 3 rings (SSSR count). The number of aliphatic hydroxyl groups is 1. The first kappa shape index (κ1) is 12.4. The number of hydrogen-bond donors (Lipinski definition) is 1. The minimum atomic E-state index is -1.13. The van der Waals surface area contributed by atoms with Gasteiger partial charge in [0, 0.05) is 18.0 Å². The maximum Gasteiger partial charge on any atom is 0.261 e. The Labute approximate surface area is 119 Å². The molecule has 0 spiro atoms. The molecule has 2 aromatic rings. The smallest absolute Gasteiger partial charge is 0.261 e. The molecule has 0 aliphatic carbocycles. The monoisotopic (exact) mass is 294 g/mol. The van der Waals surface area contributed by atoms with Crippen molar-refractivity contribution < 1.29 is 9.90 Å². The molecule has 0 fully saturated rings. The number of carbonyl (C=O) groups excluding carboxylic acids is 1. The first-order valence-corrected chi connectivity index (χ1v) is 6.26. The summed E-state index contributed by atoms with van der Waals surface area (Å²) in [6.07, 6.45) is 1.83. The number of halogens is 2. The van der Waals surface area contributed by atoms with Crippen molar-refractivity contribution in [3.05, 3.63) is 57.8 Å². The van der Waals surface area contributed by atoms with E-state index in [0.29, 0.717) is 26.9 Å². The van der Waals surface area contributed by atoms with Crippen molar-refractivity contribution in [2.75, 3.05) is 4.90 Å². The molecule has 1 aliphatic rings. The van der Waals surface area contributed by atoms with Crippen LogP contribution in [0.1, 0.15) is 22.1 Å². The van der Waals surface area contributed by atoms with Crippen molar-refractivity contribution in [1.29, 1.82) is 0 Å². The zero-order valence-electron chi connectivity index (χ0n) is 9.55. The Morgan fingerprint density at radius 3 is 2.53 bits per heavy atom. The largest absolute Gasteiger partial charge is 0.369 e. The third-order valence-corrected chi connectivity index (χ3v) is 3.61. The van der Waals surface area contributed by atoms with Crippen LogP contribution in [0.5, 0.6) is 0 Å². The van der Waals surface area contributed by atoms with Gasteiger partial charge in [0.1, 0.15) is 0 Å². The van der Waals surface area contributed by atoms with Crippen LogP contribution in [0.2, 0.25) is 10.0 Å². The predicted molar refractivity (Wildman–Crippen MR) is 72.5 cm³/mol. The molecule has 1 aliphatic heterocycles. The lowest BCUT2D eigenvalue weighted by Gasteiger charge is -2.23. The fourth-order valence-electron chi connectivity index (χ4n) is 2.13. The summed E-state index contributed by atoms with van der Waals surface area (Å²) in [7, 11) is 0. The van der Waals surface area contributed by atoms with Crippen molar-refractivity contribution >= 4 is 34.8 Å². The molecule has 1 unspecified atom stereocenters. The lowest BCUT2D eigenvalue weighted by Crippen LogP contribution is -2.28. The predicted octanol–water partition coefficient (Wildman–Crippen LogP) is 3.04. The second kappa shape index (κ2) is 4.49. The van der Waals surface area contributed by atoms with E-state index in [1.54, 1.807) is 24.3 Å². The molecule has 1 aromatic heterocycles. The van der Waals surface area contributed by atoms with Crippen molar-refractivity contribution in [1.82, 2.24) is 4.98 Å². The first-order chi connectivity index (χ1) is 9.11. The molecule has 0 bridgehead atoms. The van der Waals surface area contributed by atoms with E-state index in [0.717, 1.165) is 0 Å². The van der Waals surface area contributed by atoms with Gasteiger partial charge in [-0.05, 0) is 18.2 Å². The molecule has 1 N–H and O–H groups in total. The van der Waals surface area contributed by atoms with E-state index in [4.69, 9.17) is 23.2 Å². The fraction of sp³-hybridized carbons (Fsp3) is 0.0769. The third-order valence-electron chi connectivity index (χ3n) is 3.00. The number of para-hydroxylation sites is 1. The van der Waals surface area contributed by atoms with Crippen LogP contribution in [-0.4, -0.2) is 16.0 Å². The normalized spacial score (nSPS) is 17.7. The van der Waals surface area contributed by atoms with Gasteiger partial charge >= 0.3 is 0 Å². The molecule has 1 atom stereocenters.